The number of aryl methyl sites for hydroxylation is 1. The molecule has 0 aliphatic rings. The summed E-state index contributed by atoms with van der Waals surface area (Å²) in [4.78, 5) is 8.90. The maximum Gasteiger partial charge on any atom is 0.137 e. The predicted molar refractivity (Wildman–Crippen MR) is 85.4 cm³/mol. The maximum absolute atomic E-state index is 9.23. The number of nitrogens with zero attached hydrogens (tertiary/aromatic N) is 2. The molecule has 0 radical (unpaired) electrons. The second-order valence-electron chi connectivity index (χ2n) is 5.35. The minimum Gasteiger partial charge on any atom is -0.456 e. The number of fused-ring (bicyclic) bond motifs is 2. The van der Waals surface area contributed by atoms with Gasteiger partial charge in [0, 0.05) is 10.9 Å². The van der Waals surface area contributed by atoms with Crippen LogP contribution in [0.25, 0.3) is 33.3 Å². The number of hydrogen-bond acceptors (Lipinski definition) is 4. The smallest absolute Gasteiger partial charge is 0.137 e. The summed E-state index contributed by atoms with van der Waals surface area (Å²) < 4.78 is 5.96. The summed E-state index contributed by atoms with van der Waals surface area (Å²) >= 11 is 0. The standard InChI is InChI=1S/C18H14N2O2/c1-11-6-14(17-8-12-4-2-3-5-16(12)22-17)18-15(7-11)20-13(10-21)9-19-18/h2-9,21H,10H2,1H3. The van der Waals surface area contributed by atoms with Crippen LogP contribution in [0.5, 0.6) is 0 Å². The Hall–Kier alpha value is -2.72. The number of para-hydroxylation sites is 1. The van der Waals surface area contributed by atoms with Crippen LogP contribution < -0.4 is 0 Å². The van der Waals surface area contributed by atoms with Gasteiger partial charge in [-0.25, -0.2) is 4.98 Å². The number of rotatable bonds is 2. The zero-order valence-electron chi connectivity index (χ0n) is 12.1. The van der Waals surface area contributed by atoms with Crippen LogP contribution >= 0.6 is 0 Å². The summed E-state index contributed by atoms with van der Waals surface area (Å²) in [6.07, 6.45) is 1.60. The Labute approximate surface area is 127 Å². The van der Waals surface area contributed by atoms with Gasteiger partial charge in [-0.1, -0.05) is 18.2 Å². The molecule has 4 rings (SSSR count). The maximum atomic E-state index is 9.23. The van der Waals surface area contributed by atoms with Gasteiger partial charge in [0.25, 0.3) is 0 Å². The van der Waals surface area contributed by atoms with Crippen molar-refractivity contribution in [3.63, 3.8) is 0 Å². The molecular weight excluding hydrogens is 276 g/mol. The molecule has 2 aromatic carbocycles. The van der Waals surface area contributed by atoms with E-state index in [-0.39, 0.29) is 6.61 Å². The van der Waals surface area contributed by atoms with Crippen LogP contribution in [-0.2, 0) is 6.61 Å². The molecule has 0 saturated heterocycles. The van der Waals surface area contributed by atoms with E-state index in [9.17, 15) is 5.11 Å². The quantitative estimate of drug-likeness (QED) is 0.609. The molecule has 4 heteroatoms. The summed E-state index contributed by atoms with van der Waals surface area (Å²) in [6, 6.07) is 14.0. The average molecular weight is 290 g/mol. The highest BCUT2D eigenvalue weighted by Gasteiger charge is 2.12. The van der Waals surface area contributed by atoms with Gasteiger partial charge in [0.2, 0.25) is 0 Å². The lowest BCUT2D eigenvalue weighted by atomic mass is 10.1. The van der Waals surface area contributed by atoms with E-state index in [0.717, 1.165) is 38.9 Å². The Bertz CT molecular complexity index is 956. The lowest BCUT2D eigenvalue weighted by Gasteiger charge is -2.06. The molecule has 4 nitrogen and oxygen atoms in total. The SMILES string of the molecule is Cc1cc(-c2cc3ccccc3o2)c2ncc(CO)nc2c1. The van der Waals surface area contributed by atoms with Gasteiger partial charge in [-0.2, -0.15) is 0 Å². The Kier molecular flexibility index (Phi) is 2.91. The van der Waals surface area contributed by atoms with E-state index in [1.807, 2.05) is 49.4 Å². The molecule has 0 unspecified atom stereocenters. The second kappa shape index (κ2) is 4.93. The van der Waals surface area contributed by atoms with Crippen molar-refractivity contribution in [3.8, 4) is 11.3 Å². The van der Waals surface area contributed by atoms with Gasteiger partial charge in [-0.05, 0) is 36.8 Å². The Morgan fingerprint density at radius 2 is 2.00 bits per heavy atom. The van der Waals surface area contributed by atoms with Crippen molar-refractivity contribution in [1.29, 1.82) is 0 Å². The first-order valence-corrected chi connectivity index (χ1v) is 7.11. The van der Waals surface area contributed by atoms with Gasteiger partial charge in [0.15, 0.2) is 0 Å². The van der Waals surface area contributed by atoms with Crippen LogP contribution in [0.3, 0.4) is 0 Å². The fraction of sp³-hybridized carbons (Fsp3) is 0.111. The highest BCUT2D eigenvalue weighted by molar-refractivity contribution is 5.93. The van der Waals surface area contributed by atoms with Gasteiger partial charge in [0.1, 0.15) is 11.3 Å². The highest BCUT2D eigenvalue weighted by Crippen LogP contribution is 2.32. The van der Waals surface area contributed by atoms with Crippen LogP contribution in [0.15, 0.2) is 53.1 Å². The van der Waals surface area contributed by atoms with E-state index in [1.165, 1.54) is 0 Å². The third-order valence-corrected chi connectivity index (χ3v) is 3.69. The monoisotopic (exact) mass is 290 g/mol. The van der Waals surface area contributed by atoms with E-state index < -0.39 is 0 Å². The van der Waals surface area contributed by atoms with E-state index in [2.05, 4.69) is 9.97 Å². The first-order chi connectivity index (χ1) is 10.7. The fourth-order valence-corrected chi connectivity index (χ4v) is 2.68. The summed E-state index contributed by atoms with van der Waals surface area (Å²) in [7, 11) is 0. The molecule has 108 valence electrons. The van der Waals surface area contributed by atoms with Crippen molar-refractivity contribution in [3.05, 3.63) is 59.9 Å². The van der Waals surface area contributed by atoms with Crippen molar-refractivity contribution < 1.29 is 9.52 Å². The van der Waals surface area contributed by atoms with E-state index in [1.54, 1.807) is 6.20 Å². The van der Waals surface area contributed by atoms with Crippen LogP contribution in [0, 0.1) is 6.92 Å². The number of aliphatic hydroxyl groups excluding tert-OH is 1. The lowest BCUT2D eigenvalue weighted by Crippen LogP contribution is -1.94. The molecule has 2 aromatic heterocycles. The normalized spacial score (nSPS) is 11.4. The third-order valence-electron chi connectivity index (χ3n) is 3.69. The van der Waals surface area contributed by atoms with Crippen molar-refractivity contribution in [2.75, 3.05) is 0 Å². The van der Waals surface area contributed by atoms with Crippen LogP contribution in [0.1, 0.15) is 11.3 Å². The van der Waals surface area contributed by atoms with Gasteiger partial charge in [-0.3, -0.25) is 4.98 Å². The minimum absolute atomic E-state index is 0.114. The van der Waals surface area contributed by atoms with E-state index in [4.69, 9.17) is 4.42 Å². The van der Waals surface area contributed by atoms with Gasteiger partial charge in [-0.15, -0.1) is 0 Å². The second-order valence-corrected chi connectivity index (χ2v) is 5.35. The molecule has 22 heavy (non-hydrogen) atoms. The molecule has 0 bridgehead atoms. The van der Waals surface area contributed by atoms with Gasteiger partial charge in [0.05, 0.1) is 29.5 Å². The number of benzene rings is 2. The zero-order valence-corrected chi connectivity index (χ0v) is 12.1. The summed E-state index contributed by atoms with van der Waals surface area (Å²) in [5.41, 5.74) is 4.96. The molecule has 0 aliphatic heterocycles. The average Bonchev–Trinajstić information content (AvgIpc) is 2.97. The van der Waals surface area contributed by atoms with Crippen molar-refractivity contribution in [1.82, 2.24) is 9.97 Å². The molecule has 0 saturated carbocycles. The number of aromatic nitrogens is 2. The molecule has 0 amide bonds. The minimum atomic E-state index is -0.114. The number of hydrogen-bond donors (Lipinski definition) is 1. The topological polar surface area (TPSA) is 59.2 Å². The Morgan fingerprint density at radius 3 is 2.82 bits per heavy atom. The summed E-state index contributed by atoms with van der Waals surface area (Å²) in [6.45, 7) is 1.90. The summed E-state index contributed by atoms with van der Waals surface area (Å²) in [5, 5.41) is 10.3. The largest absolute Gasteiger partial charge is 0.456 e. The van der Waals surface area contributed by atoms with E-state index in [0.29, 0.717) is 5.69 Å². The zero-order chi connectivity index (χ0) is 15.1. The molecule has 2 heterocycles. The number of aliphatic hydroxyl groups is 1. The van der Waals surface area contributed by atoms with Crippen LogP contribution in [-0.4, -0.2) is 15.1 Å². The van der Waals surface area contributed by atoms with Crippen molar-refractivity contribution in [2.24, 2.45) is 0 Å². The van der Waals surface area contributed by atoms with Crippen molar-refractivity contribution in [2.45, 2.75) is 13.5 Å². The van der Waals surface area contributed by atoms with Crippen molar-refractivity contribution >= 4 is 22.0 Å². The fourth-order valence-electron chi connectivity index (χ4n) is 2.68. The Balaban J connectivity index is 2.00. The molecule has 0 aliphatic carbocycles. The third kappa shape index (κ3) is 2.05. The Morgan fingerprint density at radius 1 is 1.14 bits per heavy atom. The highest BCUT2D eigenvalue weighted by atomic mass is 16.3. The summed E-state index contributed by atoms with van der Waals surface area (Å²) in [5.74, 6) is 0.779. The van der Waals surface area contributed by atoms with Gasteiger partial charge < -0.3 is 9.52 Å². The molecule has 0 fully saturated rings. The molecule has 4 aromatic rings. The van der Waals surface area contributed by atoms with E-state index >= 15 is 0 Å². The molecule has 0 atom stereocenters. The van der Waals surface area contributed by atoms with Gasteiger partial charge >= 0.3 is 0 Å². The first-order valence-electron chi connectivity index (χ1n) is 7.11. The molecular formula is C18H14N2O2. The molecule has 0 spiro atoms. The molecule has 1 N–H and O–H groups in total. The van der Waals surface area contributed by atoms with Crippen LogP contribution in [0.2, 0.25) is 0 Å². The number of furan rings is 1. The first kappa shape index (κ1) is 13.0. The van der Waals surface area contributed by atoms with Crippen LogP contribution in [0.4, 0.5) is 0 Å². The predicted octanol–water partition coefficient (Wildman–Crippen LogP) is 3.84. The lowest BCUT2D eigenvalue weighted by molar-refractivity contribution is 0.277.